The van der Waals surface area contributed by atoms with Crippen LogP contribution in [-0.4, -0.2) is 39.2 Å². The van der Waals surface area contributed by atoms with Crippen molar-refractivity contribution >= 4 is 5.97 Å². The normalized spacial score (nSPS) is 13.0. The third-order valence-electron chi connectivity index (χ3n) is 3.44. The number of halogens is 4. The lowest BCUT2D eigenvalue weighted by Crippen LogP contribution is -2.33. The standard InChI is InChI=1S/C15H14F4N2O4/c1-9(12(22)23)20-6-7-21(14(20)24)10-2-4-11(5-3-10)25-8-15(18,19)13(16)17/h2-7,9,13H,8H2,1H3,(H,22,23)/t9-/m1/s1. The highest BCUT2D eigenvalue weighted by atomic mass is 19.3. The molecule has 0 radical (unpaired) electrons. The van der Waals surface area contributed by atoms with Gasteiger partial charge in [-0.2, -0.15) is 8.78 Å². The lowest BCUT2D eigenvalue weighted by atomic mass is 10.3. The zero-order valence-corrected chi connectivity index (χ0v) is 12.9. The number of alkyl halides is 4. The van der Waals surface area contributed by atoms with Crippen molar-refractivity contribution in [3.05, 3.63) is 47.1 Å². The molecule has 1 aromatic heterocycles. The molecule has 1 heterocycles. The lowest BCUT2D eigenvalue weighted by molar-refractivity contribution is -0.148. The molecule has 6 nitrogen and oxygen atoms in total. The van der Waals surface area contributed by atoms with Crippen LogP contribution < -0.4 is 10.4 Å². The van der Waals surface area contributed by atoms with Gasteiger partial charge in [-0.15, -0.1) is 0 Å². The van der Waals surface area contributed by atoms with Crippen LogP contribution in [0.1, 0.15) is 13.0 Å². The third-order valence-corrected chi connectivity index (χ3v) is 3.44. The largest absolute Gasteiger partial charge is 0.487 e. The molecule has 0 amide bonds. The summed E-state index contributed by atoms with van der Waals surface area (Å²) in [6.45, 7) is -0.134. The van der Waals surface area contributed by atoms with E-state index >= 15 is 0 Å². The third kappa shape index (κ3) is 4.01. The van der Waals surface area contributed by atoms with Gasteiger partial charge < -0.3 is 9.84 Å². The van der Waals surface area contributed by atoms with Gasteiger partial charge in [0.25, 0.3) is 0 Å². The Hall–Kier alpha value is -2.78. The summed E-state index contributed by atoms with van der Waals surface area (Å²) in [5.74, 6) is -5.51. The van der Waals surface area contributed by atoms with Crippen molar-refractivity contribution in [2.24, 2.45) is 0 Å². The van der Waals surface area contributed by atoms with Gasteiger partial charge in [0, 0.05) is 12.4 Å². The van der Waals surface area contributed by atoms with E-state index in [1.807, 2.05) is 0 Å². The number of hydrogen-bond acceptors (Lipinski definition) is 3. The minimum Gasteiger partial charge on any atom is -0.487 e. The Labute approximate surface area is 138 Å². The summed E-state index contributed by atoms with van der Waals surface area (Å²) in [5.41, 5.74) is -0.276. The maximum Gasteiger partial charge on any atom is 0.340 e. The molecule has 136 valence electrons. The number of aromatic nitrogens is 2. The number of carboxylic acid groups (broad SMARTS) is 1. The van der Waals surface area contributed by atoms with Crippen molar-refractivity contribution in [1.29, 1.82) is 0 Å². The highest BCUT2D eigenvalue weighted by molar-refractivity contribution is 5.71. The molecule has 2 aromatic rings. The van der Waals surface area contributed by atoms with Crippen molar-refractivity contribution in [1.82, 2.24) is 9.13 Å². The van der Waals surface area contributed by atoms with E-state index in [2.05, 4.69) is 4.74 Å². The Kier molecular flexibility index (Phi) is 5.19. The van der Waals surface area contributed by atoms with Crippen molar-refractivity contribution in [3.8, 4) is 11.4 Å². The van der Waals surface area contributed by atoms with Crippen LogP contribution in [0.4, 0.5) is 17.6 Å². The Bertz CT molecular complexity index is 799. The smallest absolute Gasteiger partial charge is 0.340 e. The maximum absolute atomic E-state index is 12.8. The summed E-state index contributed by atoms with van der Waals surface area (Å²) in [6, 6.07) is 4.12. The Balaban J connectivity index is 2.16. The molecule has 0 aliphatic heterocycles. The van der Waals surface area contributed by atoms with Crippen LogP contribution in [0.2, 0.25) is 0 Å². The second-order valence-corrected chi connectivity index (χ2v) is 5.22. The van der Waals surface area contributed by atoms with Crippen molar-refractivity contribution in [2.45, 2.75) is 25.3 Å². The van der Waals surface area contributed by atoms with Gasteiger partial charge in [-0.05, 0) is 31.2 Å². The minimum absolute atomic E-state index is 0.0736. The molecule has 0 fully saturated rings. The van der Waals surface area contributed by atoms with Crippen LogP contribution >= 0.6 is 0 Å². The molecular weight excluding hydrogens is 348 g/mol. The molecule has 0 aliphatic carbocycles. The first kappa shape index (κ1) is 18.6. The number of rotatable bonds is 7. The van der Waals surface area contributed by atoms with Crippen molar-refractivity contribution < 1.29 is 32.2 Å². The highest BCUT2D eigenvalue weighted by Gasteiger charge is 2.41. The molecule has 0 saturated heterocycles. The number of ether oxygens (including phenoxy) is 1. The van der Waals surface area contributed by atoms with E-state index in [4.69, 9.17) is 5.11 Å². The Morgan fingerprint density at radius 3 is 2.36 bits per heavy atom. The summed E-state index contributed by atoms with van der Waals surface area (Å²) in [6.07, 6.45) is -1.18. The number of benzene rings is 1. The van der Waals surface area contributed by atoms with E-state index in [-0.39, 0.29) is 5.75 Å². The number of carboxylic acids is 1. The van der Waals surface area contributed by atoms with Gasteiger partial charge >= 0.3 is 24.0 Å². The van der Waals surface area contributed by atoms with Gasteiger partial charge in [-0.1, -0.05) is 0 Å². The van der Waals surface area contributed by atoms with Gasteiger partial charge in [0.15, 0.2) is 6.61 Å². The molecule has 1 atom stereocenters. The molecule has 10 heteroatoms. The zero-order valence-electron chi connectivity index (χ0n) is 12.9. The van der Waals surface area contributed by atoms with E-state index < -0.39 is 36.7 Å². The molecule has 25 heavy (non-hydrogen) atoms. The molecular formula is C15H14F4N2O4. The molecule has 0 bridgehead atoms. The highest BCUT2D eigenvalue weighted by Crippen LogP contribution is 2.24. The topological polar surface area (TPSA) is 73.5 Å². The number of hydrogen-bond donors (Lipinski definition) is 1. The Morgan fingerprint density at radius 2 is 1.84 bits per heavy atom. The van der Waals surface area contributed by atoms with E-state index in [0.717, 1.165) is 9.13 Å². The van der Waals surface area contributed by atoms with E-state index in [9.17, 15) is 27.2 Å². The van der Waals surface area contributed by atoms with Crippen LogP contribution in [0.3, 0.4) is 0 Å². The molecule has 0 saturated carbocycles. The second-order valence-electron chi connectivity index (χ2n) is 5.22. The van der Waals surface area contributed by atoms with Crippen molar-refractivity contribution in [3.63, 3.8) is 0 Å². The van der Waals surface area contributed by atoms with Gasteiger partial charge in [0.2, 0.25) is 0 Å². The molecule has 0 aliphatic rings. The number of nitrogens with zero attached hydrogens (tertiary/aromatic N) is 2. The molecule has 1 aromatic carbocycles. The Morgan fingerprint density at radius 1 is 1.24 bits per heavy atom. The molecule has 2 rings (SSSR count). The number of carbonyl (C=O) groups is 1. The van der Waals surface area contributed by atoms with E-state index in [0.29, 0.717) is 5.69 Å². The molecule has 1 N–H and O–H groups in total. The fourth-order valence-corrected chi connectivity index (χ4v) is 1.95. The average molecular weight is 362 g/mol. The van der Waals surface area contributed by atoms with Gasteiger partial charge in [-0.25, -0.2) is 18.4 Å². The minimum atomic E-state index is -4.26. The van der Waals surface area contributed by atoms with Crippen molar-refractivity contribution in [2.75, 3.05) is 6.61 Å². The molecule has 0 unspecified atom stereocenters. The fraction of sp³-hybridized carbons (Fsp3) is 0.333. The summed E-state index contributed by atoms with van der Waals surface area (Å²) >= 11 is 0. The van der Waals surface area contributed by atoms with E-state index in [1.165, 1.54) is 43.6 Å². The van der Waals surface area contributed by atoms with Crippen LogP contribution in [0.5, 0.6) is 5.75 Å². The SMILES string of the molecule is C[C@H](C(=O)O)n1ccn(-c2ccc(OCC(F)(F)C(F)F)cc2)c1=O. The van der Waals surface area contributed by atoms with E-state index in [1.54, 1.807) is 0 Å². The van der Waals surface area contributed by atoms with Gasteiger partial charge in [0.05, 0.1) is 5.69 Å². The first-order chi connectivity index (χ1) is 11.6. The first-order valence-corrected chi connectivity index (χ1v) is 7.05. The van der Waals surface area contributed by atoms with Crippen LogP contribution in [0.15, 0.2) is 41.5 Å². The zero-order chi connectivity index (χ0) is 18.8. The van der Waals surface area contributed by atoms with Gasteiger partial charge in [-0.3, -0.25) is 9.13 Å². The molecule has 0 spiro atoms. The predicted molar refractivity (Wildman–Crippen MR) is 78.8 cm³/mol. The summed E-state index contributed by atoms with van der Waals surface area (Å²) in [4.78, 5) is 23.1. The average Bonchev–Trinajstić information content (AvgIpc) is 2.94. The first-order valence-electron chi connectivity index (χ1n) is 7.05. The summed E-state index contributed by atoms with van der Waals surface area (Å²) in [7, 11) is 0. The summed E-state index contributed by atoms with van der Waals surface area (Å²) < 4.78 is 56.5. The van der Waals surface area contributed by atoms with Crippen LogP contribution in [0, 0.1) is 0 Å². The number of imidazole rings is 1. The lowest BCUT2D eigenvalue weighted by Gasteiger charge is -2.16. The van der Waals surface area contributed by atoms with Crippen LogP contribution in [0.25, 0.3) is 5.69 Å². The predicted octanol–water partition coefficient (Wildman–Crippen LogP) is 2.56. The summed E-state index contributed by atoms with van der Waals surface area (Å²) in [5, 5.41) is 8.94. The van der Waals surface area contributed by atoms with Crippen LogP contribution in [-0.2, 0) is 4.79 Å². The van der Waals surface area contributed by atoms with Gasteiger partial charge in [0.1, 0.15) is 11.8 Å². The second kappa shape index (κ2) is 6.99. The quantitative estimate of drug-likeness (QED) is 0.769. The number of aliphatic carboxylic acids is 1. The maximum atomic E-state index is 12.8. The monoisotopic (exact) mass is 362 g/mol. The fourth-order valence-electron chi connectivity index (χ4n) is 1.95.